The zero-order chi connectivity index (χ0) is 11.3. The SMILES string of the molecule is CCC(O)CN[C@H](C)c1ccc(Cl)cc1. The Balaban J connectivity index is 2.46. The minimum absolute atomic E-state index is 0.239. The molecule has 0 radical (unpaired) electrons. The van der Waals surface area contributed by atoms with Crippen molar-refractivity contribution in [1.82, 2.24) is 5.32 Å². The highest BCUT2D eigenvalue weighted by atomic mass is 35.5. The lowest BCUT2D eigenvalue weighted by atomic mass is 10.1. The van der Waals surface area contributed by atoms with Gasteiger partial charge in [-0.2, -0.15) is 0 Å². The van der Waals surface area contributed by atoms with Crippen molar-refractivity contribution in [2.75, 3.05) is 6.54 Å². The molecule has 0 fully saturated rings. The fourth-order valence-electron chi connectivity index (χ4n) is 1.33. The molecule has 0 spiro atoms. The standard InChI is InChI=1S/C12H18ClNO/c1-3-12(15)8-14-9(2)10-4-6-11(13)7-5-10/h4-7,9,12,14-15H,3,8H2,1-2H3/t9-,12?/m1/s1. The first-order valence-electron chi connectivity index (χ1n) is 5.30. The van der Waals surface area contributed by atoms with Gasteiger partial charge in [-0.1, -0.05) is 30.7 Å². The van der Waals surface area contributed by atoms with Crippen molar-refractivity contribution in [3.8, 4) is 0 Å². The van der Waals surface area contributed by atoms with Crippen LogP contribution < -0.4 is 5.32 Å². The van der Waals surface area contributed by atoms with Crippen molar-refractivity contribution in [1.29, 1.82) is 0 Å². The summed E-state index contributed by atoms with van der Waals surface area (Å²) in [5.41, 5.74) is 1.18. The second-order valence-corrected chi connectivity index (χ2v) is 4.18. The second-order valence-electron chi connectivity index (χ2n) is 3.74. The summed E-state index contributed by atoms with van der Waals surface area (Å²) >= 11 is 5.81. The van der Waals surface area contributed by atoms with Crippen LogP contribution in [-0.4, -0.2) is 17.8 Å². The van der Waals surface area contributed by atoms with Gasteiger partial charge >= 0.3 is 0 Å². The first-order valence-corrected chi connectivity index (χ1v) is 5.68. The molecule has 0 aliphatic heterocycles. The van der Waals surface area contributed by atoms with Crippen molar-refractivity contribution < 1.29 is 5.11 Å². The summed E-state index contributed by atoms with van der Waals surface area (Å²) in [6.45, 7) is 4.67. The van der Waals surface area contributed by atoms with Crippen molar-refractivity contribution in [3.05, 3.63) is 34.9 Å². The molecule has 0 bridgehead atoms. The van der Waals surface area contributed by atoms with E-state index in [4.69, 9.17) is 11.6 Å². The van der Waals surface area contributed by atoms with E-state index in [2.05, 4.69) is 12.2 Å². The fraction of sp³-hybridized carbons (Fsp3) is 0.500. The van der Waals surface area contributed by atoms with Crippen molar-refractivity contribution in [2.24, 2.45) is 0 Å². The van der Waals surface area contributed by atoms with Crippen LogP contribution in [0.3, 0.4) is 0 Å². The van der Waals surface area contributed by atoms with Crippen LogP contribution >= 0.6 is 11.6 Å². The molecule has 0 amide bonds. The van der Waals surface area contributed by atoms with E-state index in [1.54, 1.807) is 0 Å². The van der Waals surface area contributed by atoms with E-state index in [1.807, 2.05) is 31.2 Å². The topological polar surface area (TPSA) is 32.3 Å². The number of aliphatic hydroxyl groups excluding tert-OH is 1. The lowest BCUT2D eigenvalue weighted by Crippen LogP contribution is -2.28. The highest BCUT2D eigenvalue weighted by molar-refractivity contribution is 6.30. The lowest BCUT2D eigenvalue weighted by molar-refractivity contribution is 0.164. The van der Waals surface area contributed by atoms with Gasteiger partial charge in [0.05, 0.1) is 6.10 Å². The minimum atomic E-state index is -0.264. The zero-order valence-electron chi connectivity index (χ0n) is 9.20. The number of benzene rings is 1. The van der Waals surface area contributed by atoms with Gasteiger partial charge in [-0.3, -0.25) is 0 Å². The molecule has 0 aliphatic carbocycles. The van der Waals surface area contributed by atoms with Crippen LogP contribution in [0.1, 0.15) is 31.9 Å². The second kappa shape index (κ2) is 6.11. The maximum Gasteiger partial charge on any atom is 0.0662 e. The molecule has 1 unspecified atom stereocenters. The summed E-state index contributed by atoms with van der Waals surface area (Å²) in [6.07, 6.45) is 0.514. The highest BCUT2D eigenvalue weighted by Gasteiger charge is 2.06. The molecule has 1 aromatic rings. The predicted molar refractivity (Wildman–Crippen MR) is 64.2 cm³/mol. The molecule has 0 saturated carbocycles. The van der Waals surface area contributed by atoms with Crippen molar-refractivity contribution in [2.45, 2.75) is 32.4 Å². The maximum atomic E-state index is 9.41. The van der Waals surface area contributed by atoms with Gasteiger partial charge in [-0.25, -0.2) is 0 Å². The van der Waals surface area contributed by atoms with E-state index in [0.717, 1.165) is 11.4 Å². The van der Waals surface area contributed by atoms with E-state index in [1.165, 1.54) is 5.56 Å². The molecule has 2 N–H and O–H groups in total. The van der Waals surface area contributed by atoms with Gasteiger partial charge < -0.3 is 10.4 Å². The van der Waals surface area contributed by atoms with Gasteiger partial charge in [0, 0.05) is 17.6 Å². The van der Waals surface area contributed by atoms with Crippen LogP contribution in [0.25, 0.3) is 0 Å². The molecule has 2 nitrogen and oxygen atoms in total. The Morgan fingerprint density at radius 1 is 1.33 bits per heavy atom. The third-order valence-corrected chi connectivity index (χ3v) is 2.75. The monoisotopic (exact) mass is 227 g/mol. The smallest absolute Gasteiger partial charge is 0.0662 e. The largest absolute Gasteiger partial charge is 0.392 e. The molecule has 0 aliphatic rings. The Labute approximate surface area is 96.3 Å². The molecular weight excluding hydrogens is 210 g/mol. The van der Waals surface area contributed by atoms with Gasteiger partial charge in [0.2, 0.25) is 0 Å². The van der Waals surface area contributed by atoms with Gasteiger partial charge in [-0.05, 0) is 31.0 Å². The zero-order valence-corrected chi connectivity index (χ0v) is 9.96. The van der Waals surface area contributed by atoms with Crippen LogP contribution in [0.5, 0.6) is 0 Å². The average Bonchev–Trinajstić information content (AvgIpc) is 2.26. The third kappa shape index (κ3) is 4.20. The first-order chi connectivity index (χ1) is 7.13. The number of hydrogen-bond donors (Lipinski definition) is 2. The van der Waals surface area contributed by atoms with E-state index < -0.39 is 0 Å². The van der Waals surface area contributed by atoms with Crippen molar-refractivity contribution in [3.63, 3.8) is 0 Å². The third-order valence-electron chi connectivity index (χ3n) is 2.50. The minimum Gasteiger partial charge on any atom is -0.392 e. The Bertz CT molecular complexity index is 286. The predicted octanol–water partition coefficient (Wildman–Crippen LogP) is 2.76. The van der Waals surface area contributed by atoms with Crippen LogP contribution in [-0.2, 0) is 0 Å². The van der Waals surface area contributed by atoms with Gasteiger partial charge in [0.25, 0.3) is 0 Å². The molecule has 84 valence electrons. The molecule has 15 heavy (non-hydrogen) atoms. The summed E-state index contributed by atoms with van der Waals surface area (Å²) in [7, 11) is 0. The molecule has 0 aromatic heterocycles. The number of hydrogen-bond acceptors (Lipinski definition) is 2. The summed E-state index contributed by atoms with van der Waals surface area (Å²) in [5, 5.41) is 13.4. The lowest BCUT2D eigenvalue weighted by Gasteiger charge is -2.16. The summed E-state index contributed by atoms with van der Waals surface area (Å²) in [4.78, 5) is 0. The summed E-state index contributed by atoms with van der Waals surface area (Å²) in [5.74, 6) is 0. The molecule has 0 heterocycles. The van der Waals surface area contributed by atoms with Gasteiger partial charge in [0.15, 0.2) is 0 Å². The van der Waals surface area contributed by atoms with E-state index in [0.29, 0.717) is 6.54 Å². The Hall–Kier alpha value is -0.570. The average molecular weight is 228 g/mol. The molecule has 1 aromatic carbocycles. The molecule has 2 atom stereocenters. The van der Waals surface area contributed by atoms with Crippen molar-refractivity contribution >= 4 is 11.6 Å². The van der Waals surface area contributed by atoms with Gasteiger partial charge in [0.1, 0.15) is 0 Å². The highest BCUT2D eigenvalue weighted by Crippen LogP contribution is 2.15. The van der Waals surface area contributed by atoms with Crippen LogP contribution in [0.4, 0.5) is 0 Å². The van der Waals surface area contributed by atoms with E-state index in [9.17, 15) is 5.11 Å². The van der Waals surface area contributed by atoms with Crippen LogP contribution in [0, 0.1) is 0 Å². The summed E-state index contributed by atoms with van der Waals surface area (Å²) < 4.78 is 0. The molecular formula is C12H18ClNO. The molecule has 3 heteroatoms. The maximum absolute atomic E-state index is 9.41. The molecule has 1 rings (SSSR count). The quantitative estimate of drug-likeness (QED) is 0.811. The van der Waals surface area contributed by atoms with E-state index in [-0.39, 0.29) is 12.1 Å². The van der Waals surface area contributed by atoms with Gasteiger partial charge in [-0.15, -0.1) is 0 Å². The fourth-order valence-corrected chi connectivity index (χ4v) is 1.45. The number of nitrogens with one attached hydrogen (secondary N) is 1. The Morgan fingerprint density at radius 2 is 1.93 bits per heavy atom. The first kappa shape index (κ1) is 12.5. The van der Waals surface area contributed by atoms with Crippen LogP contribution in [0.2, 0.25) is 5.02 Å². The van der Waals surface area contributed by atoms with E-state index >= 15 is 0 Å². The normalized spacial score (nSPS) is 14.9. The number of aliphatic hydroxyl groups is 1. The number of rotatable bonds is 5. The molecule has 0 saturated heterocycles. The Kier molecular flexibility index (Phi) is 5.09. The summed E-state index contributed by atoms with van der Waals surface area (Å²) in [6, 6.07) is 8.00. The van der Waals surface area contributed by atoms with Crippen LogP contribution in [0.15, 0.2) is 24.3 Å². The number of halogens is 1. The Morgan fingerprint density at radius 3 is 2.47 bits per heavy atom.